The molecular formula is C14H19ClF2N2. The second-order valence-corrected chi connectivity index (χ2v) is 5.27. The number of hydrogen-bond donors (Lipinski definition) is 0. The highest BCUT2D eigenvalue weighted by molar-refractivity contribution is 6.18. The summed E-state index contributed by atoms with van der Waals surface area (Å²) in [7, 11) is 0. The van der Waals surface area contributed by atoms with Gasteiger partial charge in [0.15, 0.2) is 0 Å². The first-order valence-corrected chi connectivity index (χ1v) is 7.17. The van der Waals surface area contributed by atoms with Gasteiger partial charge >= 0.3 is 0 Å². The predicted molar refractivity (Wildman–Crippen MR) is 73.4 cm³/mol. The fourth-order valence-corrected chi connectivity index (χ4v) is 2.66. The third-order valence-electron chi connectivity index (χ3n) is 3.49. The Bertz CT molecular complexity index is 414. The molecule has 0 bridgehead atoms. The van der Waals surface area contributed by atoms with Gasteiger partial charge in [-0.05, 0) is 25.6 Å². The van der Waals surface area contributed by atoms with Crippen molar-refractivity contribution in [2.45, 2.75) is 13.0 Å². The standard InChI is InChI=1S/C14H19ClF2N2/c15-4-7-18-5-1-6-19(9-8-18)11-12-2-3-13(16)10-14(12)17/h2-3,10H,1,4-9,11H2. The molecule has 0 radical (unpaired) electrons. The van der Waals surface area contributed by atoms with E-state index in [1.54, 1.807) is 0 Å². The van der Waals surface area contributed by atoms with E-state index < -0.39 is 11.6 Å². The Hall–Kier alpha value is -0.710. The van der Waals surface area contributed by atoms with Gasteiger partial charge in [0.2, 0.25) is 0 Å². The first-order chi connectivity index (χ1) is 9.19. The second kappa shape index (κ2) is 7.17. The monoisotopic (exact) mass is 288 g/mol. The van der Waals surface area contributed by atoms with Crippen molar-refractivity contribution >= 4 is 11.6 Å². The molecule has 0 spiro atoms. The summed E-state index contributed by atoms with van der Waals surface area (Å²) >= 11 is 5.75. The average Bonchev–Trinajstić information content (AvgIpc) is 2.59. The lowest BCUT2D eigenvalue weighted by Crippen LogP contribution is -2.31. The van der Waals surface area contributed by atoms with Crippen molar-refractivity contribution in [3.05, 3.63) is 35.4 Å². The Labute approximate surface area is 117 Å². The van der Waals surface area contributed by atoms with E-state index >= 15 is 0 Å². The van der Waals surface area contributed by atoms with E-state index in [2.05, 4.69) is 9.80 Å². The van der Waals surface area contributed by atoms with Gasteiger partial charge in [0.25, 0.3) is 0 Å². The quantitative estimate of drug-likeness (QED) is 0.786. The van der Waals surface area contributed by atoms with Crippen LogP contribution in [-0.4, -0.2) is 48.4 Å². The summed E-state index contributed by atoms with van der Waals surface area (Å²) < 4.78 is 26.5. The lowest BCUT2D eigenvalue weighted by molar-refractivity contribution is 0.255. The van der Waals surface area contributed by atoms with Crippen molar-refractivity contribution in [3.8, 4) is 0 Å². The van der Waals surface area contributed by atoms with Crippen LogP contribution < -0.4 is 0 Å². The molecule has 0 N–H and O–H groups in total. The molecule has 19 heavy (non-hydrogen) atoms. The smallest absolute Gasteiger partial charge is 0.130 e. The fourth-order valence-electron chi connectivity index (χ4n) is 2.42. The molecule has 0 aromatic heterocycles. The van der Waals surface area contributed by atoms with E-state index in [0.29, 0.717) is 18.0 Å². The van der Waals surface area contributed by atoms with Crippen molar-refractivity contribution in [2.75, 3.05) is 38.6 Å². The van der Waals surface area contributed by atoms with E-state index in [1.807, 2.05) is 0 Å². The van der Waals surface area contributed by atoms with Crippen molar-refractivity contribution in [2.24, 2.45) is 0 Å². The molecule has 0 amide bonds. The van der Waals surface area contributed by atoms with Crippen molar-refractivity contribution in [1.29, 1.82) is 0 Å². The third kappa shape index (κ3) is 4.41. The number of halogens is 3. The largest absolute Gasteiger partial charge is 0.301 e. The van der Waals surface area contributed by atoms with Crippen LogP contribution in [0.2, 0.25) is 0 Å². The number of nitrogens with zero attached hydrogens (tertiary/aromatic N) is 2. The molecule has 1 aromatic rings. The highest BCUT2D eigenvalue weighted by Crippen LogP contribution is 2.14. The normalized spacial score (nSPS) is 18.5. The molecule has 1 aliphatic rings. The fraction of sp³-hybridized carbons (Fsp3) is 0.571. The molecule has 0 unspecified atom stereocenters. The zero-order valence-electron chi connectivity index (χ0n) is 10.9. The van der Waals surface area contributed by atoms with Crippen LogP contribution >= 0.6 is 11.6 Å². The van der Waals surface area contributed by atoms with Crippen molar-refractivity contribution < 1.29 is 8.78 Å². The maximum atomic E-state index is 13.6. The molecule has 106 valence electrons. The molecule has 1 saturated heterocycles. The Kier molecular flexibility index (Phi) is 5.55. The molecule has 0 atom stereocenters. The molecule has 1 fully saturated rings. The summed E-state index contributed by atoms with van der Waals surface area (Å²) in [6.07, 6.45) is 1.06. The molecule has 0 saturated carbocycles. The third-order valence-corrected chi connectivity index (χ3v) is 3.66. The van der Waals surface area contributed by atoms with Gasteiger partial charge in [0.1, 0.15) is 11.6 Å². The first kappa shape index (κ1) is 14.7. The minimum atomic E-state index is -0.523. The van der Waals surface area contributed by atoms with Gasteiger partial charge in [0.05, 0.1) is 0 Å². The summed E-state index contributed by atoms with van der Waals surface area (Å²) in [5.41, 5.74) is 0.562. The lowest BCUT2D eigenvalue weighted by atomic mass is 10.2. The van der Waals surface area contributed by atoms with Gasteiger partial charge in [-0.1, -0.05) is 6.07 Å². The summed E-state index contributed by atoms with van der Waals surface area (Å²) in [5, 5.41) is 0. The summed E-state index contributed by atoms with van der Waals surface area (Å²) in [6, 6.07) is 3.80. The van der Waals surface area contributed by atoms with Crippen molar-refractivity contribution in [1.82, 2.24) is 9.80 Å². The highest BCUT2D eigenvalue weighted by atomic mass is 35.5. The Morgan fingerprint density at radius 3 is 2.53 bits per heavy atom. The predicted octanol–water partition coefficient (Wildman–Crippen LogP) is 2.71. The molecule has 0 aliphatic carbocycles. The van der Waals surface area contributed by atoms with Crippen LogP contribution in [0.25, 0.3) is 0 Å². The van der Waals surface area contributed by atoms with Crippen LogP contribution in [-0.2, 0) is 6.54 Å². The number of alkyl halides is 1. The lowest BCUT2D eigenvalue weighted by Gasteiger charge is -2.21. The number of hydrogen-bond acceptors (Lipinski definition) is 2. The number of rotatable bonds is 4. The van der Waals surface area contributed by atoms with Gasteiger partial charge in [-0.2, -0.15) is 0 Å². The van der Waals surface area contributed by atoms with Crippen LogP contribution in [0, 0.1) is 11.6 Å². The maximum Gasteiger partial charge on any atom is 0.130 e. The molecule has 5 heteroatoms. The topological polar surface area (TPSA) is 6.48 Å². The zero-order chi connectivity index (χ0) is 13.7. The Balaban J connectivity index is 1.92. The second-order valence-electron chi connectivity index (χ2n) is 4.90. The Morgan fingerprint density at radius 1 is 1.05 bits per heavy atom. The van der Waals surface area contributed by atoms with E-state index in [1.165, 1.54) is 12.1 Å². The maximum absolute atomic E-state index is 13.6. The molecular weight excluding hydrogens is 270 g/mol. The molecule has 1 heterocycles. The van der Waals surface area contributed by atoms with Gasteiger partial charge in [-0.15, -0.1) is 11.6 Å². The van der Waals surface area contributed by atoms with Gasteiger partial charge in [-0.25, -0.2) is 8.78 Å². The minimum Gasteiger partial charge on any atom is -0.301 e. The van der Waals surface area contributed by atoms with Crippen LogP contribution in [0.3, 0.4) is 0 Å². The van der Waals surface area contributed by atoms with Crippen LogP contribution in [0.1, 0.15) is 12.0 Å². The molecule has 1 aliphatic heterocycles. The molecule has 1 aromatic carbocycles. The SMILES string of the molecule is Fc1ccc(CN2CCCN(CCCl)CC2)c(F)c1. The van der Waals surface area contributed by atoms with Crippen LogP contribution in [0.4, 0.5) is 8.78 Å². The van der Waals surface area contributed by atoms with E-state index in [0.717, 1.165) is 45.2 Å². The average molecular weight is 289 g/mol. The summed E-state index contributed by atoms with van der Waals surface area (Å²) in [4.78, 5) is 4.54. The summed E-state index contributed by atoms with van der Waals surface area (Å²) in [6.45, 7) is 5.27. The summed E-state index contributed by atoms with van der Waals surface area (Å²) in [5.74, 6) is -0.334. The van der Waals surface area contributed by atoms with E-state index in [-0.39, 0.29) is 0 Å². The van der Waals surface area contributed by atoms with Gasteiger partial charge in [-0.3, -0.25) is 4.90 Å². The van der Waals surface area contributed by atoms with Crippen LogP contribution in [0.15, 0.2) is 18.2 Å². The molecule has 2 nitrogen and oxygen atoms in total. The first-order valence-electron chi connectivity index (χ1n) is 6.63. The molecule has 2 rings (SSSR count). The Morgan fingerprint density at radius 2 is 1.79 bits per heavy atom. The van der Waals surface area contributed by atoms with E-state index in [4.69, 9.17) is 11.6 Å². The van der Waals surface area contributed by atoms with Crippen LogP contribution in [0.5, 0.6) is 0 Å². The van der Waals surface area contributed by atoms with Gasteiger partial charge < -0.3 is 4.90 Å². The number of benzene rings is 1. The van der Waals surface area contributed by atoms with E-state index in [9.17, 15) is 8.78 Å². The highest BCUT2D eigenvalue weighted by Gasteiger charge is 2.15. The van der Waals surface area contributed by atoms with Gasteiger partial charge in [0, 0.05) is 43.7 Å². The van der Waals surface area contributed by atoms with Crippen molar-refractivity contribution in [3.63, 3.8) is 0 Å². The minimum absolute atomic E-state index is 0.457. The zero-order valence-corrected chi connectivity index (χ0v) is 11.7.